The number of aliphatic hydroxyl groups is 2. The fourth-order valence-corrected chi connectivity index (χ4v) is 9.22. The van der Waals surface area contributed by atoms with Gasteiger partial charge in [0.1, 0.15) is 18.3 Å². The van der Waals surface area contributed by atoms with Crippen molar-refractivity contribution in [2.45, 2.75) is 115 Å². The first-order valence-electron chi connectivity index (χ1n) is 13.7. The average Bonchev–Trinajstić information content (AvgIpc) is 3.21. The molecule has 1 aliphatic rings. The van der Waals surface area contributed by atoms with Crippen molar-refractivity contribution >= 4 is 47.9 Å². The Bertz CT molecular complexity index is 1130. The Kier molecular flexibility index (Phi) is 10.3. The number of rotatable bonds is 10. The molecule has 2 aromatic rings. The largest absolute Gasteiger partial charge is 0.409 e. The van der Waals surface area contributed by atoms with Gasteiger partial charge in [-0.05, 0) is 102 Å². The standard InChI is InChI=1S/C28H47ClO6SSi3/c1-12-21-25(33-37(3,4)5)26(34-38(6,7)8)27(35-39(9,10)11)28(31,32-21)19-14-13-18(2)20(17-19)24(30)22-15-16-23(29)36-22/h13-17,21,24-27,30-31H,12H2,1-11H3/t21-,24?,25-,26+,27-,28?/m1/s1. The van der Waals surface area contributed by atoms with Crippen molar-refractivity contribution in [1.29, 1.82) is 0 Å². The number of halogens is 1. The zero-order valence-electron chi connectivity index (χ0n) is 25.3. The highest BCUT2D eigenvalue weighted by molar-refractivity contribution is 7.16. The van der Waals surface area contributed by atoms with Crippen LogP contribution in [-0.2, 0) is 23.8 Å². The summed E-state index contributed by atoms with van der Waals surface area (Å²) in [6, 6.07) is 9.23. The number of hydrogen-bond donors (Lipinski definition) is 2. The quantitative estimate of drug-likeness (QED) is 0.266. The third kappa shape index (κ3) is 8.35. The molecule has 2 unspecified atom stereocenters. The van der Waals surface area contributed by atoms with Gasteiger partial charge in [0, 0.05) is 10.4 Å². The first-order valence-corrected chi connectivity index (χ1v) is 25.1. The van der Waals surface area contributed by atoms with Gasteiger partial charge in [0.05, 0.1) is 16.5 Å². The van der Waals surface area contributed by atoms with E-state index in [9.17, 15) is 10.2 Å². The van der Waals surface area contributed by atoms with E-state index >= 15 is 0 Å². The summed E-state index contributed by atoms with van der Waals surface area (Å²) in [4.78, 5) is 0.738. The van der Waals surface area contributed by atoms with E-state index in [0.717, 1.165) is 10.4 Å². The lowest BCUT2D eigenvalue weighted by Crippen LogP contribution is -2.68. The smallest absolute Gasteiger partial charge is 0.221 e. The van der Waals surface area contributed by atoms with Gasteiger partial charge in [-0.25, -0.2) is 0 Å². The molecule has 1 fully saturated rings. The molecule has 2 heterocycles. The summed E-state index contributed by atoms with van der Waals surface area (Å²) in [6.45, 7) is 23.2. The topological polar surface area (TPSA) is 77.4 Å². The van der Waals surface area contributed by atoms with E-state index in [1.54, 1.807) is 6.07 Å². The number of ether oxygens (including phenoxy) is 1. The van der Waals surface area contributed by atoms with E-state index in [1.807, 2.05) is 38.1 Å². The molecule has 220 valence electrons. The number of benzene rings is 1. The van der Waals surface area contributed by atoms with Gasteiger partial charge in [-0.2, -0.15) is 0 Å². The normalized spacial score (nSPS) is 27.5. The molecular formula is C28H47ClO6SSi3. The second-order valence-corrected chi connectivity index (χ2v) is 28.5. The van der Waals surface area contributed by atoms with Crippen molar-refractivity contribution in [3.05, 3.63) is 56.2 Å². The van der Waals surface area contributed by atoms with Crippen LogP contribution in [0.1, 0.15) is 41.0 Å². The maximum Gasteiger partial charge on any atom is 0.221 e. The SMILES string of the molecule is CC[C@H]1OC(O)(c2ccc(C)c(C(O)c3ccc(Cl)s3)c2)[C@H](O[Si](C)(C)C)[C@@H](O[Si](C)(C)C)[C@@H]1O[Si](C)(C)C. The van der Waals surface area contributed by atoms with Crippen LogP contribution in [0.15, 0.2) is 30.3 Å². The minimum Gasteiger partial charge on any atom is -0.409 e. The molecule has 0 aliphatic carbocycles. The van der Waals surface area contributed by atoms with Crippen LogP contribution in [0.5, 0.6) is 0 Å². The molecule has 1 aromatic heterocycles. The Labute approximate surface area is 247 Å². The van der Waals surface area contributed by atoms with Gasteiger partial charge in [0.2, 0.25) is 5.79 Å². The van der Waals surface area contributed by atoms with Gasteiger partial charge < -0.3 is 28.2 Å². The molecule has 1 saturated heterocycles. The van der Waals surface area contributed by atoms with E-state index in [1.165, 1.54) is 11.3 Å². The van der Waals surface area contributed by atoms with Crippen LogP contribution in [0.25, 0.3) is 0 Å². The number of hydrogen-bond acceptors (Lipinski definition) is 7. The summed E-state index contributed by atoms with van der Waals surface area (Å²) < 4.78 is 27.6. The maximum atomic E-state index is 12.6. The van der Waals surface area contributed by atoms with Crippen molar-refractivity contribution in [2.75, 3.05) is 0 Å². The molecule has 11 heteroatoms. The van der Waals surface area contributed by atoms with E-state index in [-0.39, 0.29) is 6.10 Å². The van der Waals surface area contributed by atoms with Crippen LogP contribution in [0.3, 0.4) is 0 Å². The molecular weight excluding hydrogens is 584 g/mol. The minimum atomic E-state index is -2.21. The van der Waals surface area contributed by atoms with E-state index in [0.29, 0.717) is 21.9 Å². The van der Waals surface area contributed by atoms with Crippen molar-refractivity contribution < 1.29 is 28.2 Å². The van der Waals surface area contributed by atoms with Crippen LogP contribution in [0, 0.1) is 6.92 Å². The molecule has 3 rings (SSSR count). The summed E-state index contributed by atoms with van der Waals surface area (Å²) >= 11 is 7.50. The average molecular weight is 631 g/mol. The zero-order valence-corrected chi connectivity index (χ0v) is 29.9. The first kappa shape index (κ1) is 33.1. The third-order valence-corrected chi connectivity index (χ3v) is 10.6. The molecule has 0 radical (unpaired) electrons. The molecule has 39 heavy (non-hydrogen) atoms. The second-order valence-electron chi connectivity index (χ2n) is 13.4. The first-order chi connectivity index (χ1) is 17.7. The summed E-state index contributed by atoms with van der Waals surface area (Å²) in [5.41, 5.74) is 2.12. The molecule has 6 nitrogen and oxygen atoms in total. The van der Waals surface area contributed by atoms with Gasteiger partial charge in [0.25, 0.3) is 0 Å². The van der Waals surface area contributed by atoms with Crippen LogP contribution in [0.2, 0.25) is 63.3 Å². The molecule has 1 aliphatic heterocycles. The molecule has 2 N–H and O–H groups in total. The molecule has 6 atom stereocenters. The maximum absolute atomic E-state index is 12.6. The highest BCUT2D eigenvalue weighted by Crippen LogP contribution is 2.45. The van der Waals surface area contributed by atoms with Gasteiger partial charge in [0.15, 0.2) is 25.0 Å². The Hall–Kier alpha value is -0.379. The van der Waals surface area contributed by atoms with E-state index < -0.39 is 55.2 Å². The Morgan fingerprint density at radius 3 is 1.97 bits per heavy atom. The fraction of sp³-hybridized carbons (Fsp3) is 0.643. The molecule has 0 saturated carbocycles. The lowest BCUT2D eigenvalue weighted by Gasteiger charge is -2.54. The predicted molar refractivity (Wildman–Crippen MR) is 168 cm³/mol. The highest BCUT2D eigenvalue weighted by atomic mass is 35.5. The summed E-state index contributed by atoms with van der Waals surface area (Å²) in [7, 11) is -6.34. The molecule has 1 aromatic carbocycles. The Balaban J connectivity index is 2.20. The van der Waals surface area contributed by atoms with Crippen molar-refractivity contribution in [2.24, 2.45) is 0 Å². The Morgan fingerprint density at radius 2 is 1.49 bits per heavy atom. The lowest BCUT2D eigenvalue weighted by atomic mass is 9.85. The summed E-state index contributed by atoms with van der Waals surface area (Å²) in [6.07, 6.45) is -2.37. The van der Waals surface area contributed by atoms with Crippen molar-refractivity contribution in [1.82, 2.24) is 0 Å². The zero-order chi connectivity index (χ0) is 29.6. The highest BCUT2D eigenvalue weighted by Gasteiger charge is 2.58. The fourth-order valence-electron chi connectivity index (χ4n) is 4.92. The lowest BCUT2D eigenvalue weighted by molar-refractivity contribution is -0.346. The van der Waals surface area contributed by atoms with E-state index in [4.69, 9.17) is 29.6 Å². The summed E-state index contributed by atoms with van der Waals surface area (Å²) in [5, 5.41) is 23.9. The van der Waals surface area contributed by atoms with Crippen molar-refractivity contribution in [3.63, 3.8) is 0 Å². The van der Waals surface area contributed by atoms with Crippen LogP contribution >= 0.6 is 22.9 Å². The summed E-state index contributed by atoms with van der Waals surface area (Å²) in [5.74, 6) is -1.81. The predicted octanol–water partition coefficient (Wildman–Crippen LogP) is 7.41. The Morgan fingerprint density at radius 1 is 0.923 bits per heavy atom. The second kappa shape index (κ2) is 12.1. The third-order valence-electron chi connectivity index (χ3n) is 6.42. The molecule has 0 bridgehead atoms. The number of aryl methyl sites for hydroxylation is 1. The van der Waals surface area contributed by atoms with Gasteiger partial charge >= 0.3 is 0 Å². The minimum absolute atomic E-state index is 0.376. The van der Waals surface area contributed by atoms with Crippen LogP contribution in [-0.4, -0.2) is 59.6 Å². The van der Waals surface area contributed by atoms with Gasteiger partial charge in [-0.15, -0.1) is 11.3 Å². The van der Waals surface area contributed by atoms with E-state index in [2.05, 4.69) is 58.9 Å². The monoisotopic (exact) mass is 630 g/mol. The van der Waals surface area contributed by atoms with Crippen LogP contribution in [0.4, 0.5) is 0 Å². The molecule has 0 amide bonds. The van der Waals surface area contributed by atoms with Crippen molar-refractivity contribution in [3.8, 4) is 0 Å². The number of thiophene rings is 1. The van der Waals surface area contributed by atoms with Crippen LogP contribution < -0.4 is 0 Å². The van der Waals surface area contributed by atoms with Gasteiger partial charge in [-0.3, -0.25) is 0 Å². The van der Waals surface area contributed by atoms with Gasteiger partial charge in [-0.1, -0.05) is 30.7 Å². The number of aliphatic hydroxyl groups excluding tert-OH is 1. The molecule has 0 spiro atoms.